The molecule has 1 aromatic heterocycles. The van der Waals surface area contributed by atoms with Crippen LogP contribution in [0.1, 0.15) is 22.3 Å². The molecule has 48 heavy (non-hydrogen) atoms. The summed E-state index contributed by atoms with van der Waals surface area (Å²) in [5.41, 5.74) is 8.75. The van der Waals surface area contributed by atoms with Crippen molar-refractivity contribution in [2.24, 2.45) is 0 Å². The van der Waals surface area contributed by atoms with Crippen molar-refractivity contribution in [2.75, 3.05) is 0 Å². The molecule has 0 saturated carbocycles. The molecule has 0 fully saturated rings. The molecule has 2 heterocycles. The molecule has 1 aliphatic heterocycles. The number of nitrogens with zero attached hydrogens (tertiary/aromatic N) is 2. The van der Waals surface area contributed by atoms with E-state index in [2.05, 4.69) is 152 Å². The monoisotopic (exact) mass is 614 g/mol. The molecule has 0 spiro atoms. The molecule has 8 aromatic rings. The van der Waals surface area contributed by atoms with Crippen LogP contribution in [0.15, 0.2) is 182 Å². The highest BCUT2D eigenvalue weighted by molar-refractivity contribution is 5.96. The van der Waals surface area contributed by atoms with E-state index in [4.69, 9.17) is 14.7 Å². The van der Waals surface area contributed by atoms with E-state index in [0.717, 1.165) is 61.7 Å². The average molecular weight is 615 g/mol. The lowest BCUT2D eigenvalue weighted by Gasteiger charge is -2.41. The summed E-state index contributed by atoms with van der Waals surface area (Å²) in [6, 6.07) is 63.7. The number of fused-ring (bicyclic) bond motifs is 3. The Hall–Kier alpha value is -6.32. The molecule has 0 unspecified atom stereocenters. The van der Waals surface area contributed by atoms with Crippen molar-refractivity contribution in [3.63, 3.8) is 0 Å². The second kappa shape index (κ2) is 11.5. The van der Waals surface area contributed by atoms with Gasteiger partial charge in [0.05, 0.1) is 16.8 Å². The molecule has 0 amide bonds. The largest absolute Gasteiger partial charge is 0.457 e. The Balaban J connectivity index is 1.31. The Morgan fingerprint density at radius 2 is 0.979 bits per heavy atom. The number of benzene rings is 7. The molecule has 7 aromatic carbocycles. The van der Waals surface area contributed by atoms with Gasteiger partial charge in [0, 0.05) is 27.8 Å². The molecule has 0 N–H and O–H groups in total. The van der Waals surface area contributed by atoms with Gasteiger partial charge in [-0.25, -0.2) is 9.97 Å². The lowest BCUT2D eigenvalue weighted by Crippen LogP contribution is -2.34. The molecular weight excluding hydrogens is 585 g/mol. The number of hydrogen-bond donors (Lipinski definition) is 0. The van der Waals surface area contributed by atoms with Crippen molar-refractivity contribution in [1.29, 1.82) is 0 Å². The van der Waals surface area contributed by atoms with Crippen molar-refractivity contribution in [3.8, 4) is 45.4 Å². The molecule has 3 heteroatoms. The van der Waals surface area contributed by atoms with Crippen molar-refractivity contribution in [2.45, 2.75) is 5.41 Å². The minimum absolute atomic E-state index is 0.615. The van der Waals surface area contributed by atoms with Crippen LogP contribution in [0.25, 0.3) is 44.7 Å². The second-order valence-corrected chi connectivity index (χ2v) is 12.1. The minimum atomic E-state index is -0.615. The average Bonchev–Trinajstić information content (AvgIpc) is 3.17. The SMILES string of the molecule is c1ccc(-c2nc(-c3cccc(C4(c5ccccc5)c5ccccc5Oc5ccccc54)c3)cc(-c3cccc4ccccc34)n2)cc1. The maximum Gasteiger partial charge on any atom is 0.160 e. The van der Waals surface area contributed by atoms with Gasteiger partial charge in [-0.05, 0) is 46.2 Å². The maximum absolute atomic E-state index is 6.53. The van der Waals surface area contributed by atoms with Crippen LogP contribution in [0.5, 0.6) is 11.5 Å². The van der Waals surface area contributed by atoms with E-state index in [1.165, 1.54) is 10.9 Å². The lowest BCUT2D eigenvalue weighted by atomic mass is 9.63. The molecule has 0 aliphatic carbocycles. The van der Waals surface area contributed by atoms with Crippen LogP contribution in [0.4, 0.5) is 0 Å². The fourth-order valence-corrected chi connectivity index (χ4v) is 7.28. The summed E-state index contributed by atoms with van der Waals surface area (Å²) in [5.74, 6) is 2.41. The van der Waals surface area contributed by atoms with E-state index in [0.29, 0.717) is 5.82 Å². The van der Waals surface area contributed by atoms with Crippen molar-refractivity contribution >= 4 is 10.8 Å². The molecule has 0 saturated heterocycles. The molecule has 1 aliphatic rings. The van der Waals surface area contributed by atoms with Gasteiger partial charge in [0.25, 0.3) is 0 Å². The highest BCUT2D eigenvalue weighted by Gasteiger charge is 2.45. The van der Waals surface area contributed by atoms with Crippen LogP contribution in [0.3, 0.4) is 0 Å². The van der Waals surface area contributed by atoms with Gasteiger partial charge in [-0.15, -0.1) is 0 Å². The highest BCUT2D eigenvalue weighted by atomic mass is 16.5. The number of hydrogen-bond acceptors (Lipinski definition) is 3. The van der Waals surface area contributed by atoms with E-state index >= 15 is 0 Å². The number of para-hydroxylation sites is 2. The fraction of sp³-hybridized carbons (Fsp3) is 0.0222. The van der Waals surface area contributed by atoms with Crippen LogP contribution in [-0.4, -0.2) is 9.97 Å². The van der Waals surface area contributed by atoms with Crippen LogP contribution in [0, 0.1) is 0 Å². The highest BCUT2D eigenvalue weighted by Crippen LogP contribution is 2.55. The Bertz CT molecular complexity index is 2380. The molecule has 3 nitrogen and oxygen atoms in total. The summed E-state index contributed by atoms with van der Waals surface area (Å²) in [6.45, 7) is 0. The standard InChI is InChI=1S/C45H30N2O/c1-3-16-32(17-4-1)44-46-40(30-41(47-44)37-24-14-18-31-15-7-8-23-36(31)37)33-19-13-22-35(29-33)45(34-20-5-2-6-21-34)38-25-9-11-27-42(38)48-43-28-12-10-26-39(43)45/h1-30H. The zero-order valence-corrected chi connectivity index (χ0v) is 26.1. The second-order valence-electron chi connectivity index (χ2n) is 12.1. The summed E-state index contributed by atoms with van der Waals surface area (Å²) in [6.07, 6.45) is 0. The van der Waals surface area contributed by atoms with Crippen molar-refractivity contribution in [1.82, 2.24) is 9.97 Å². The van der Waals surface area contributed by atoms with Gasteiger partial charge in [-0.3, -0.25) is 0 Å². The smallest absolute Gasteiger partial charge is 0.160 e. The Labute approximate surface area is 279 Å². The third kappa shape index (κ3) is 4.51. The Kier molecular flexibility index (Phi) is 6.69. The zero-order valence-electron chi connectivity index (χ0n) is 26.1. The van der Waals surface area contributed by atoms with Gasteiger partial charge < -0.3 is 4.74 Å². The summed E-state index contributed by atoms with van der Waals surface area (Å²) in [5, 5.41) is 2.34. The van der Waals surface area contributed by atoms with Gasteiger partial charge in [0.2, 0.25) is 0 Å². The zero-order chi connectivity index (χ0) is 31.9. The molecule has 0 bridgehead atoms. The van der Waals surface area contributed by atoms with Crippen LogP contribution in [-0.2, 0) is 5.41 Å². The first kappa shape index (κ1) is 27.9. The van der Waals surface area contributed by atoms with Gasteiger partial charge >= 0.3 is 0 Å². The quantitative estimate of drug-likeness (QED) is 0.193. The summed E-state index contributed by atoms with van der Waals surface area (Å²) in [7, 11) is 0. The molecular formula is C45H30N2O. The van der Waals surface area contributed by atoms with Crippen molar-refractivity contribution in [3.05, 3.63) is 204 Å². The third-order valence-corrected chi connectivity index (χ3v) is 9.42. The van der Waals surface area contributed by atoms with E-state index in [1.807, 2.05) is 30.3 Å². The van der Waals surface area contributed by atoms with Crippen LogP contribution >= 0.6 is 0 Å². The molecule has 0 atom stereocenters. The topological polar surface area (TPSA) is 35.0 Å². The van der Waals surface area contributed by atoms with E-state index in [9.17, 15) is 0 Å². The fourth-order valence-electron chi connectivity index (χ4n) is 7.28. The van der Waals surface area contributed by atoms with Gasteiger partial charge in [-0.1, -0.05) is 158 Å². The van der Waals surface area contributed by atoms with Gasteiger partial charge in [0.1, 0.15) is 11.5 Å². The van der Waals surface area contributed by atoms with Gasteiger partial charge in [0.15, 0.2) is 5.82 Å². The Morgan fingerprint density at radius 3 is 1.75 bits per heavy atom. The predicted molar refractivity (Wildman–Crippen MR) is 194 cm³/mol. The molecule has 226 valence electrons. The van der Waals surface area contributed by atoms with E-state index in [-0.39, 0.29) is 0 Å². The Morgan fingerprint density at radius 1 is 0.417 bits per heavy atom. The van der Waals surface area contributed by atoms with Crippen LogP contribution in [0.2, 0.25) is 0 Å². The lowest BCUT2D eigenvalue weighted by molar-refractivity contribution is 0.434. The predicted octanol–water partition coefficient (Wildman–Crippen LogP) is 11.1. The summed E-state index contributed by atoms with van der Waals surface area (Å²) < 4.78 is 6.53. The van der Waals surface area contributed by atoms with Crippen molar-refractivity contribution < 1.29 is 4.74 Å². The normalized spacial score (nSPS) is 12.9. The number of rotatable bonds is 5. The van der Waals surface area contributed by atoms with Crippen LogP contribution < -0.4 is 4.74 Å². The van der Waals surface area contributed by atoms with Gasteiger partial charge in [-0.2, -0.15) is 0 Å². The number of ether oxygens (including phenoxy) is 1. The molecule has 0 radical (unpaired) electrons. The number of aromatic nitrogens is 2. The summed E-state index contributed by atoms with van der Waals surface area (Å²) in [4.78, 5) is 10.4. The maximum atomic E-state index is 6.53. The molecule has 9 rings (SSSR count). The first-order chi connectivity index (χ1) is 23.8. The first-order valence-corrected chi connectivity index (χ1v) is 16.2. The summed E-state index contributed by atoms with van der Waals surface area (Å²) >= 11 is 0. The third-order valence-electron chi connectivity index (χ3n) is 9.42. The van der Waals surface area contributed by atoms with E-state index in [1.54, 1.807) is 0 Å². The van der Waals surface area contributed by atoms with E-state index < -0.39 is 5.41 Å². The first-order valence-electron chi connectivity index (χ1n) is 16.2. The minimum Gasteiger partial charge on any atom is -0.457 e.